The first-order valence-corrected chi connectivity index (χ1v) is 7.11. The highest BCUT2D eigenvalue weighted by Crippen LogP contribution is 2.32. The molecule has 80 valence electrons. The maximum Gasteiger partial charge on any atom is 0.147 e. The highest BCUT2D eigenvalue weighted by Gasteiger charge is 2.28. The van der Waals surface area contributed by atoms with Crippen LogP contribution in [0.25, 0.3) is 0 Å². The zero-order valence-corrected chi connectivity index (χ0v) is 10.5. The van der Waals surface area contributed by atoms with Crippen molar-refractivity contribution in [2.24, 2.45) is 0 Å². The molecule has 0 spiro atoms. The van der Waals surface area contributed by atoms with Gasteiger partial charge in [0.2, 0.25) is 0 Å². The molecule has 0 aromatic heterocycles. The van der Waals surface area contributed by atoms with E-state index in [-0.39, 0.29) is 5.25 Å². The molecule has 3 heteroatoms. The summed E-state index contributed by atoms with van der Waals surface area (Å²) in [6, 6.07) is 0. The maximum absolute atomic E-state index is 11.8. The number of ketones is 1. The summed E-state index contributed by atoms with van der Waals surface area (Å²) in [6.07, 6.45) is 1.53. The van der Waals surface area contributed by atoms with Crippen LogP contribution in [0.1, 0.15) is 26.7 Å². The Labute approximate surface area is 95.1 Å². The van der Waals surface area contributed by atoms with Gasteiger partial charge >= 0.3 is 0 Å². The molecule has 2 unspecified atom stereocenters. The van der Waals surface area contributed by atoms with Crippen LogP contribution in [0.2, 0.25) is 0 Å². The molecule has 14 heavy (non-hydrogen) atoms. The summed E-state index contributed by atoms with van der Waals surface area (Å²) in [6.45, 7) is 7.98. The average Bonchev–Trinajstić information content (AvgIpc) is 2.15. The predicted octanol–water partition coefficient (Wildman–Crippen LogP) is 3.15. The van der Waals surface area contributed by atoms with Crippen LogP contribution in [0.5, 0.6) is 0 Å². The molecule has 0 amide bonds. The third-order valence-electron chi connectivity index (χ3n) is 2.30. The van der Waals surface area contributed by atoms with Crippen LogP contribution < -0.4 is 0 Å². The van der Waals surface area contributed by atoms with Crippen LogP contribution in [0.3, 0.4) is 0 Å². The summed E-state index contributed by atoms with van der Waals surface area (Å²) in [4.78, 5) is 11.8. The Morgan fingerprint density at radius 3 is 2.57 bits per heavy atom. The molecular formula is C11H18OS2. The third kappa shape index (κ3) is 3.70. The predicted molar refractivity (Wildman–Crippen MR) is 67.2 cm³/mol. The van der Waals surface area contributed by atoms with Crippen molar-refractivity contribution in [3.8, 4) is 0 Å². The molecule has 0 radical (unpaired) electrons. The molecule has 1 nitrogen and oxygen atoms in total. The molecule has 0 aromatic carbocycles. The molecule has 2 atom stereocenters. The van der Waals surface area contributed by atoms with E-state index >= 15 is 0 Å². The third-order valence-corrected chi connectivity index (χ3v) is 5.44. The second kappa shape index (κ2) is 5.86. The minimum Gasteiger partial charge on any atom is -0.298 e. The summed E-state index contributed by atoms with van der Waals surface area (Å²) < 4.78 is 0. The lowest BCUT2D eigenvalue weighted by Gasteiger charge is -2.26. The Morgan fingerprint density at radius 1 is 1.36 bits per heavy atom. The molecule has 1 rings (SSSR count). The van der Waals surface area contributed by atoms with Crippen molar-refractivity contribution in [2.75, 3.05) is 11.5 Å². The number of hydrogen-bond acceptors (Lipinski definition) is 3. The fourth-order valence-corrected chi connectivity index (χ4v) is 4.23. The van der Waals surface area contributed by atoms with E-state index < -0.39 is 0 Å². The first-order valence-electron chi connectivity index (χ1n) is 5.01. The number of rotatable bonds is 4. The highest BCUT2D eigenvalue weighted by molar-refractivity contribution is 8.07. The van der Waals surface area contributed by atoms with Gasteiger partial charge in [-0.2, -0.15) is 11.8 Å². The maximum atomic E-state index is 11.8. The molecular weight excluding hydrogens is 212 g/mol. The molecule has 1 fully saturated rings. The molecule has 0 aromatic rings. The lowest BCUT2D eigenvalue weighted by molar-refractivity contribution is -0.118. The summed E-state index contributed by atoms with van der Waals surface area (Å²) in [7, 11) is 0. The van der Waals surface area contributed by atoms with Gasteiger partial charge in [0.05, 0.1) is 5.25 Å². The van der Waals surface area contributed by atoms with Crippen molar-refractivity contribution in [1.82, 2.24) is 0 Å². The quantitative estimate of drug-likeness (QED) is 0.691. The van der Waals surface area contributed by atoms with Gasteiger partial charge in [0, 0.05) is 23.2 Å². The molecule has 1 heterocycles. The van der Waals surface area contributed by atoms with E-state index in [1.165, 1.54) is 5.75 Å². The number of Topliss-reactive ketones (excluding diaryl/α,β-unsaturated/α-hetero) is 1. The van der Waals surface area contributed by atoms with Crippen LogP contribution >= 0.6 is 23.5 Å². The number of allylic oxidation sites excluding steroid dienone is 1. The lowest BCUT2D eigenvalue weighted by Crippen LogP contribution is -2.30. The van der Waals surface area contributed by atoms with Gasteiger partial charge in [-0.15, -0.1) is 18.3 Å². The number of hydrogen-bond donors (Lipinski definition) is 0. The molecule has 1 saturated heterocycles. The SMILES string of the molecule is C=C(C)CCC(=O)C1SCCSC1C. The first kappa shape index (κ1) is 12.2. The molecule has 1 aliphatic rings. The molecule has 0 aliphatic carbocycles. The second-order valence-electron chi connectivity index (χ2n) is 3.79. The normalized spacial score (nSPS) is 27.3. The van der Waals surface area contributed by atoms with E-state index in [1.807, 2.05) is 30.4 Å². The fourth-order valence-electron chi connectivity index (χ4n) is 1.47. The number of carbonyl (C=O) groups is 1. The van der Waals surface area contributed by atoms with Crippen molar-refractivity contribution < 1.29 is 4.79 Å². The van der Waals surface area contributed by atoms with Crippen molar-refractivity contribution in [3.05, 3.63) is 12.2 Å². The van der Waals surface area contributed by atoms with E-state index in [0.717, 1.165) is 17.7 Å². The van der Waals surface area contributed by atoms with Crippen LogP contribution in [-0.2, 0) is 4.79 Å². The molecule has 0 saturated carbocycles. The topological polar surface area (TPSA) is 17.1 Å². The smallest absolute Gasteiger partial charge is 0.147 e. The largest absolute Gasteiger partial charge is 0.298 e. The van der Waals surface area contributed by atoms with Gasteiger partial charge in [0.15, 0.2) is 0 Å². The van der Waals surface area contributed by atoms with E-state index in [9.17, 15) is 4.79 Å². The van der Waals surface area contributed by atoms with Crippen LogP contribution in [-0.4, -0.2) is 27.8 Å². The van der Waals surface area contributed by atoms with Gasteiger partial charge < -0.3 is 0 Å². The van der Waals surface area contributed by atoms with Gasteiger partial charge in [-0.25, -0.2) is 0 Å². The van der Waals surface area contributed by atoms with E-state index in [1.54, 1.807) is 0 Å². The monoisotopic (exact) mass is 230 g/mol. The Balaban J connectivity index is 2.38. The summed E-state index contributed by atoms with van der Waals surface area (Å²) >= 11 is 3.76. The zero-order chi connectivity index (χ0) is 10.6. The minimum absolute atomic E-state index is 0.230. The Morgan fingerprint density at radius 2 is 2.00 bits per heavy atom. The Bertz CT molecular complexity index is 225. The Hall–Kier alpha value is 0.110. The summed E-state index contributed by atoms with van der Waals surface area (Å²) in [5.74, 6) is 2.73. The standard InChI is InChI=1S/C11H18OS2/c1-8(2)4-5-10(12)11-9(3)13-6-7-14-11/h9,11H,1,4-7H2,2-3H3. The lowest BCUT2D eigenvalue weighted by atomic mass is 10.1. The fraction of sp³-hybridized carbons (Fsp3) is 0.727. The van der Waals surface area contributed by atoms with Crippen LogP contribution in [0.15, 0.2) is 12.2 Å². The summed E-state index contributed by atoms with van der Waals surface area (Å²) in [5, 5.41) is 0.722. The van der Waals surface area contributed by atoms with Crippen molar-refractivity contribution in [3.63, 3.8) is 0 Å². The van der Waals surface area contributed by atoms with Crippen LogP contribution in [0.4, 0.5) is 0 Å². The van der Waals surface area contributed by atoms with E-state index in [0.29, 0.717) is 17.5 Å². The molecule has 0 N–H and O–H groups in total. The summed E-state index contributed by atoms with van der Waals surface area (Å²) in [5.41, 5.74) is 1.11. The van der Waals surface area contributed by atoms with Gasteiger partial charge in [0.25, 0.3) is 0 Å². The highest BCUT2D eigenvalue weighted by atomic mass is 32.2. The molecule has 1 aliphatic heterocycles. The van der Waals surface area contributed by atoms with E-state index in [4.69, 9.17) is 0 Å². The van der Waals surface area contributed by atoms with Gasteiger partial charge in [0.1, 0.15) is 5.78 Å². The van der Waals surface area contributed by atoms with Gasteiger partial charge in [-0.05, 0) is 13.3 Å². The van der Waals surface area contributed by atoms with Crippen molar-refractivity contribution in [1.29, 1.82) is 0 Å². The minimum atomic E-state index is 0.230. The zero-order valence-electron chi connectivity index (χ0n) is 8.91. The first-order chi connectivity index (χ1) is 6.61. The Kier molecular flexibility index (Phi) is 5.10. The van der Waals surface area contributed by atoms with Gasteiger partial charge in [-0.1, -0.05) is 12.5 Å². The molecule has 0 bridgehead atoms. The van der Waals surface area contributed by atoms with Gasteiger partial charge in [-0.3, -0.25) is 4.79 Å². The average molecular weight is 230 g/mol. The van der Waals surface area contributed by atoms with Crippen molar-refractivity contribution >= 4 is 29.3 Å². The van der Waals surface area contributed by atoms with Crippen molar-refractivity contribution in [2.45, 2.75) is 37.2 Å². The van der Waals surface area contributed by atoms with E-state index in [2.05, 4.69) is 13.5 Å². The number of carbonyl (C=O) groups excluding carboxylic acids is 1. The number of thioether (sulfide) groups is 2. The second-order valence-corrected chi connectivity index (χ2v) is 6.53. The van der Waals surface area contributed by atoms with Crippen LogP contribution in [0, 0.1) is 0 Å².